The molecule has 4 rings (SSSR count). The van der Waals surface area contributed by atoms with Crippen molar-refractivity contribution in [2.45, 2.75) is 19.1 Å². The van der Waals surface area contributed by atoms with E-state index in [0.29, 0.717) is 30.0 Å². The number of fused-ring (bicyclic) bond motifs is 1. The molecule has 1 saturated heterocycles. The van der Waals surface area contributed by atoms with Gasteiger partial charge >= 0.3 is 0 Å². The zero-order valence-corrected chi connectivity index (χ0v) is 13.3. The first-order valence-electron chi connectivity index (χ1n) is 7.98. The summed E-state index contributed by atoms with van der Waals surface area (Å²) in [6.45, 7) is 0. The zero-order valence-electron chi connectivity index (χ0n) is 13.3. The van der Waals surface area contributed by atoms with Crippen LogP contribution in [0.5, 0.6) is 0 Å². The number of anilines is 2. The average molecular weight is 336 g/mol. The Kier molecular flexibility index (Phi) is 3.70. The number of nitrogens with zero attached hydrogens (tertiary/aromatic N) is 2. The molecule has 7 heteroatoms. The van der Waals surface area contributed by atoms with Gasteiger partial charge in [0.15, 0.2) is 0 Å². The number of amides is 2. The lowest BCUT2D eigenvalue weighted by atomic mass is 10.2. The van der Waals surface area contributed by atoms with Gasteiger partial charge in [-0.05, 0) is 36.4 Å². The Morgan fingerprint density at radius 2 is 1.96 bits per heavy atom. The zero-order chi connectivity index (χ0) is 17.4. The summed E-state index contributed by atoms with van der Waals surface area (Å²) in [5.41, 5.74) is 2.63. The maximum absolute atomic E-state index is 12.4. The lowest BCUT2D eigenvalue weighted by molar-refractivity contribution is -0.117. The number of hydrogen-bond donors (Lipinski definition) is 3. The van der Waals surface area contributed by atoms with Gasteiger partial charge in [0.25, 0.3) is 5.91 Å². The molecule has 1 aliphatic rings. The van der Waals surface area contributed by atoms with Crippen LogP contribution in [-0.2, 0) is 4.79 Å². The van der Waals surface area contributed by atoms with Gasteiger partial charge in [0, 0.05) is 24.1 Å². The molecule has 0 bridgehead atoms. The number of rotatable bonds is 3. The number of carbonyl (C=O) groups is 2. The summed E-state index contributed by atoms with van der Waals surface area (Å²) >= 11 is 0. The molecule has 0 radical (unpaired) electrons. The molecule has 126 valence electrons. The summed E-state index contributed by atoms with van der Waals surface area (Å²) in [6.07, 6.45) is -0.0505. The van der Waals surface area contributed by atoms with Crippen molar-refractivity contribution in [1.29, 1.82) is 0 Å². The molecule has 0 spiro atoms. The predicted octanol–water partition coefficient (Wildman–Crippen LogP) is 2.26. The van der Waals surface area contributed by atoms with Crippen molar-refractivity contribution >= 4 is 34.5 Å². The number of aromatic nitrogens is 2. The van der Waals surface area contributed by atoms with Crippen LogP contribution in [0.4, 0.5) is 11.6 Å². The van der Waals surface area contributed by atoms with E-state index in [1.54, 1.807) is 24.3 Å². The average Bonchev–Trinajstić information content (AvgIpc) is 3.17. The Hall–Kier alpha value is -3.19. The van der Waals surface area contributed by atoms with E-state index in [-0.39, 0.29) is 11.8 Å². The van der Waals surface area contributed by atoms with E-state index in [9.17, 15) is 14.7 Å². The Labute approximate surface area is 143 Å². The quantitative estimate of drug-likeness (QED) is 0.683. The van der Waals surface area contributed by atoms with Crippen molar-refractivity contribution in [2.24, 2.45) is 0 Å². The fourth-order valence-electron chi connectivity index (χ4n) is 2.95. The summed E-state index contributed by atoms with van der Waals surface area (Å²) < 4.78 is 0. The van der Waals surface area contributed by atoms with Gasteiger partial charge in [0.05, 0.1) is 11.0 Å². The van der Waals surface area contributed by atoms with E-state index in [2.05, 4.69) is 15.3 Å². The number of aliphatic hydroxyl groups excluding tert-OH is 1. The van der Waals surface area contributed by atoms with Crippen LogP contribution in [0.3, 0.4) is 0 Å². The van der Waals surface area contributed by atoms with E-state index in [4.69, 9.17) is 0 Å². The monoisotopic (exact) mass is 336 g/mol. The number of aromatic amines is 1. The first-order valence-corrected chi connectivity index (χ1v) is 7.98. The molecule has 1 atom stereocenters. The Morgan fingerprint density at radius 1 is 1.20 bits per heavy atom. The summed E-state index contributed by atoms with van der Waals surface area (Å²) in [5.74, 6) is -0.0497. The third kappa shape index (κ3) is 2.85. The molecule has 1 aromatic heterocycles. The second kappa shape index (κ2) is 6.03. The molecule has 2 heterocycles. The first-order chi connectivity index (χ1) is 12.1. The smallest absolute Gasteiger partial charge is 0.257 e. The summed E-state index contributed by atoms with van der Waals surface area (Å²) in [6, 6.07) is 14.0. The van der Waals surface area contributed by atoms with Crippen molar-refractivity contribution < 1.29 is 14.7 Å². The van der Waals surface area contributed by atoms with Gasteiger partial charge in [-0.1, -0.05) is 12.1 Å². The molecule has 0 saturated carbocycles. The van der Waals surface area contributed by atoms with Gasteiger partial charge < -0.3 is 10.1 Å². The van der Waals surface area contributed by atoms with Crippen LogP contribution in [0.1, 0.15) is 23.2 Å². The maximum atomic E-state index is 12.4. The van der Waals surface area contributed by atoms with Crippen molar-refractivity contribution in [2.75, 3.05) is 10.2 Å². The van der Waals surface area contributed by atoms with Crippen LogP contribution >= 0.6 is 0 Å². The Balaban J connectivity index is 1.51. The summed E-state index contributed by atoms with van der Waals surface area (Å²) in [5, 5.41) is 12.6. The summed E-state index contributed by atoms with van der Waals surface area (Å²) in [4.78, 5) is 32.8. The highest BCUT2D eigenvalue weighted by Gasteiger charge is 2.30. The van der Waals surface area contributed by atoms with Crippen LogP contribution in [-0.4, -0.2) is 33.1 Å². The number of benzene rings is 2. The Bertz CT molecular complexity index is 915. The topological polar surface area (TPSA) is 98.3 Å². The van der Waals surface area contributed by atoms with Crippen LogP contribution in [0.15, 0.2) is 48.5 Å². The third-order valence-electron chi connectivity index (χ3n) is 4.21. The highest BCUT2D eigenvalue weighted by molar-refractivity contribution is 6.04. The van der Waals surface area contributed by atoms with E-state index >= 15 is 0 Å². The van der Waals surface area contributed by atoms with Gasteiger partial charge in [0.1, 0.15) is 6.23 Å². The van der Waals surface area contributed by atoms with Crippen molar-refractivity contribution in [3.63, 3.8) is 0 Å². The van der Waals surface area contributed by atoms with Gasteiger partial charge in [-0.25, -0.2) is 4.98 Å². The molecule has 2 aromatic carbocycles. The number of H-pyrrole nitrogens is 1. The molecule has 25 heavy (non-hydrogen) atoms. The van der Waals surface area contributed by atoms with Crippen LogP contribution in [0, 0.1) is 0 Å². The van der Waals surface area contributed by atoms with Gasteiger partial charge in [-0.3, -0.25) is 19.8 Å². The number of nitrogens with one attached hydrogen (secondary N) is 2. The first kappa shape index (κ1) is 15.3. The highest BCUT2D eigenvalue weighted by Crippen LogP contribution is 2.25. The predicted molar refractivity (Wildman–Crippen MR) is 93.2 cm³/mol. The van der Waals surface area contributed by atoms with Crippen LogP contribution in [0.25, 0.3) is 11.0 Å². The molecule has 3 N–H and O–H groups in total. The van der Waals surface area contributed by atoms with Gasteiger partial charge in [0.2, 0.25) is 11.9 Å². The number of imidazole rings is 1. The minimum absolute atomic E-state index is 0.119. The minimum Gasteiger partial charge on any atom is -0.373 e. The number of hydrogen-bond acceptors (Lipinski definition) is 4. The Morgan fingerprint density at radius 3 is 2.64 bits per heavy atom. The molecule has 7 nitrogen and oxygen atoms in total. The SMILES string of the molecule is O=C(Nc1nc2ccccc2[nH]1)c1ccc(N2C(=O)CCC2O)cc1. The molecule has 1 aliphatic heterocycles. The number of carbonyl (C=O) groups excluding carboxylic acids is 2. The minimum atomic E-state index is -0.803. The van der Waals surface area contributed by atoms with E-state index in [1.807, 2.05) is 24.3 Å². The molecule has 2 amide bonds. The number of aliphatic hydroxyl groups is 1. The molecular formula is C18H16N4O3. The standard InChI is InChI=1S/C18H16N4O3/c23-15-9-10-16(24)22(15)12-7-5-11(6-8-12)17(25)21-18-19-13-3-1-2-4-14(13)20-18/h1-8,15,23H,9-10H2,(H2,19,20,21,25). The van der Waals surface area contributed by atoms with E-state index in [0.717, 1.165) is 11.0 Å². The molecule has 1 fully saturated rings. The fraction of sp³-hybridized carbons (Fsp3) is 0.167. The third-order valence-corrected chi connectivity index (χ3v) is 4.21. The molecule has 3 aromatic rings. The molecule has 0 aliphatic carbocycles. The second-order valence-corrected chi connectivity index (χ2v) is 5.89. The van der Waals surface area contributed by atoms with Crippen molar-refractivity contribution in [3.05, 3.63) is 54.1 Å². The lowest BCUT2D eigenvalue weighted by Gasteiger charge is -2.20. The lowest BCUT2D eigenvalue weighted by Crippen LogP contribution is -2.32. The fourth-order valence-corrected chi connectivity index (χ4v) is 2.95. The highest BCUT2D eigenvalue weighted by atomic mass is 16.3. The van der Waals surface area contributed by atoms with Crippen molar-refractivity contribution in [3.8, 4) is 0 Å². The molecular weight excluding hydrogens is 320 g/mol. The van der Waals surface area contributed by atoms with Crippen molar-refractivity contribution in [1.82, 2.24) is 9.97 Å². The van der Waals surface area contributed by atoms with E-state index in [1.165, 1.54) is 4.90 Å². The maximum Gasteiger partial charge on any atom is 0.257 e. The van der Waals surface area contributed by atoms with E-state index < -0.39 is 6.23 Å². The number of para-hydroxylation sites is 2. The second-order valence-electron chi connectivity index (χ2n) is 5.89. The largest absolute Gasteiger partial charge is 0.373 e. The van der Waals surface area contributed by atoms with Crippen LogP contribution < -0.4 is 10.2 Å². The molecule has 1 unspecified atom stereocenters. The van der Waals surface area contributed by atoms with Crippen LogP contribution in [0.2, 0.25) is 0 Å². The normalized spacial score (nSPS) is 17.2. The summed E-state index contributed by atoms with van der Waals surface area (Å²) in [7, 11) is 0. The van der Waals surface area contributed by atoms with Gasteiger partial charge in [-0.2, -0.15) is 0 Å². The van der Waals surface area contributed by atoms with Gasteiger partial charge in [-0.15, -0.1) is 0 Å².